The fraction of sp³-hybridized carbons (Fsp3) is 0.318. The highest BCUT2D eigenvalue weighted by Gasteiger charge is 2.08. The maximum atomic E-state index is 11.9. The molecule has 0 spiro atoms. The number of H-pyrrole nitrogens is 1. The molecule has 3 aromatic rings. The minimum atomic E-state index is -0.111. The Morgan fingerprint density at radius 2 is 1.89 bits per heavy atom. The molecular weight excluding hydrogens is 350 g/mol. The van der Waals surface area contributed by atoms with Gasteiger partial charge in [-0.1, -0.05) is 18.2 Å². The molecule has 2 heterocycles. The lowest BCUT2D eigenvalue weighted by Gasteiger charge is -2.25. The van der Waals surface area contributed by atoms with Gasteiger partial charge in [-0.05, 0) is 51.5 Å². The average Bonchev–Trinajstić information content (AvgIpc) is 2.70. The number of aryl methyl sites for hydroxylation is 2. The molecular formula is C22H27N5O. The molecule has 6 nitrogen and oxygen atoms in total. The van der Waals surface area contributed by atoms with Crippen LogP contribution in [-0.4, -0.2) is 34.6 Å². The Balaban J connectivity index is 1.63. The van der Waals surface area contributed by atoms with Crippen LogP contribution in [0.15, 0.2) is 47.4 Å². The molecule has 0 aliphatic rings. The normalized spacial score (nSPS) is 10.7. The third-order valence-corrected chi connectivity index (χ3v) is 4.96. The minimum absolute atomic E-state index is 0.111. The number of aromatic amines is 1. The molecule has 0 atom stereocenters. The number of anilines is 2. The number of pyridine rings is 1. The van der Waals surface area contributed by atoms with E-state index in [1.165, 1.54) is 11.3 Å². The van der Waals surface area contributed by atoms with E-state index in [0.717, 1.165) is 36.7 Å². The van der Waals surface area contributed by atoms with Crippen LogP contribution in [0.5, 0.6) is 0 Å². The van der Waals surface area contributed by atoms with Gasteiger partial charge in [-0.3, -0.25) is 4.79 Å². The first-order valence-electron chi connectivity index (χ1n) is 9.58. The lowest BCUT2D eigenvalue weighted by atomic mass is 10.2. The van der Waals surface area contributed by atoms with Crippen LogP contribution in [0.4, 0.5) is 11.5 Å². The summed E-state index contributed by atoms with van der Waals surface area (Å²) < 4.78 is 0. The number of hydrogen-bond acceptors (Lipinski definition) is 5. The van der Waals surface area contributed by atoms with Crippen molar-refractivity contribution in [1.29, 1.82) is 0 Å². The quantitative estimate of drug-likeness (QED) is 0.657. The van der Waals surface area contributed by atoms with Crippen LogP contribution in [0.1, 0.15) is 23.7 Å². The van der Waals surface area contributed by atoms with Crippen LogP contribution in [0.2, 0.25) is 0 Å². The number of nitrogens with one attached hydrogen (secondary N) is 2. The van der Waals surface area contributed by atoms with E-state index in [9.17, 15) is 4.79 Å². The molecule has 0 amide bonds. The Bertz CT molecular complexity index is 995. The van der Waals surface area contributed by atoms with Crippen LogP contribution in [0.3, 0.4) is 0 Å². The summed E-state index contributed by atoms with van der Waals surface area (Å²) in [5.74, 6) is 1.35. The third kappa shape index (κ3) is 4.39. The summed E-state index contributed by atoms with van der Waals surface area (Å²) in [5, 5.41) is 3.36. The highest BCUT2D eigenvalue weighted by molar-refractivity contribution is 5.56. The zero-order chi connectivity index (χ0) is 20.1. The number of hydrogen-bond donors (Lipinski definition) is 2. The zero-order valence-electron chi connectivity index (χ0n) is 16.9. The first-order chi connectivity index (χ1) is 13.5. The van der Waals surface area contributed by atoms with Crippen molar-refractivity contribution in [1.82, 2.24) is 15.0 Å². The summed E-state index contributed by atoms with van der Waals surface area (Å²) in [6, 6.07) is 12.3. The van der Waals surface area contributed by atoms with Gasteiger partial charge in [-0.2, -0.15) is 0 Å². The van der Waals surface area contributed by atoms with E-state index >= 15 is 0 Å². The molecule has 0 aliphatic heterocycles. The van der Waals surface area contributed by atoms with Gasteiger partial charge in [0.1, 0.15) is 11.6 Å². The highest BCUT2D eigenvalue weighted by atomic mass is 16.1. The molecule has 0 unspecified atom stereocenters. The minimum Gasteiger partial charge on any atom is -0.370 e. The summed E-state index contributed by atoms with van der Waals surface area (Å²) in [6.45, 7) is 10.5. The molecule has 6 heteroatoms. The topological polar surface area (TPSA) is 73.9 Å². The van der Waals surface area contributed by atoms with Crippen molar-refractivity contribution in [2.45, 2.75) is 27.7 Å². The second-order valence-corrected chi connectivity index (χ2v) is 6.85. The lowest BCUT2D eigenvalue weighted by molar-refractivity contribution is 0.829. The van der Waals surface area contributed by atoms with Gasteiger partial charge in [0.2, 0.25) is 0 Å². The van der Waals surface area contributed by atoms with Crippen LogP contribution >= 0.6 is 0 Å². The molecule has 0 radical (unpaired) electrons. The summed E-state index contributed by atoms with van der Waals surface area (Å²) in [4.78, 5) is 26.0. The lowest BCUT2D eigenvalue weighted by Crippen LogP contribution is -2.29. The molecule has 146 valence electrons. The standard InChI is InChI=1S/C22H27N5O/c1-5-27(19-9-7-6-8-15(19)2)13-12-23-20-11-10-18(14-24-20)21-25-17(4)16(3)22(28)26-21/h6-11,14H,5,12-13H2,1-4H3,(H,23,24)(H,25,26,28). The predicted octanol–water partition coefficient (Wildman–Crippen LogP) is 3.70. The van der Waals surface area contributed by atoms with Crippen molar-refractivity contribution in [2.75, 3.05) is 29.9 Å². The second kappa shape index (κ2) is 8.69. The van der Waals surface area contributed by atoms with Gasteiger partial charge in [0.25, 0.3) is 5.56 Å². The Labute approximate surface area is 165 Å². The van der Waals surface area contributed by atoms with Gasteiger partial charge in [0.05, 0.1) is 0 Å². The fourth-order valence-electron chi connectivity index (χ4n) is 3.11. The van der Waals surface area contributed by atoms with Crippen molar-refractivity contribution in [3.8, 4) is 11.4 Å². The van der Waals surface area contributed by atoms with Crippen LogP contribution in [0, 0.1) is 20.8 Å². The van der Waals surface area contributed by atoms with E-state index in [0.29, 0.717) is 11.4 Å². The van der Waals surface area contributed by atoms with Gasteiger partial charge >= 0.3 is 0 Å². The van der Waals surface area contributed by atoms with E-state index in [1.54, 1.807) is 13.1 Å². The van der Waals surface area contributed by atoms with Gasteiger partial charge in [-0.15, -0.1) is 0 Å². The molecule has 1 aromatic carbocycles. The number of nitrogens with zero attached hydrogens (tertiary/aromatic N) is 3. The number of benzene rings is 1. The average molecular weight is 377 g/mol. The van der Waals surface area contributed by atoms with Gasteiger partial charge in [0.15, 0.2) is 0 Å². The van der Waals surface area contributed by atoms with E-state index in [1.807, 2.05) is 19.1 Å². The summed E-state index contributed by atoms with van der Waals surface area (Å²) >= 11 is 0. The number of aromatic nitrogens is 3. The van der Waals surface area contributed by atoms with Gasteiger partial charge < -0.3 is 15.2 Å². The van der Waals surface area contributed by atoms with Crippen molar-refractivity contribution in [3.05, 3.63) is 69.8 Å². The van der Waals surface area contributed by atoms with Gasteiger partial charge in [0, 0.05) is 48.3 Å². The number of para-hydroxylation sites is 1. The second-order valence-electron chi connectivity index (χ2n) is 6.85. The first kappa shape index (κ1) is 19.6. The smallest absolute Gasteiger partial charge is 0.254 e. The Kier molecular flexibility index (Phi) is 6.09. The van der Waals surface area contributed by atoms with E-state index in [4.69, 9.17) is 0 Å². The van der Waals surface area contributed by atoms with E-state index < -0.39 is 0 Å². The van der Waals surface area contributed by atoms with Crippen LogP contribution < -0.4 is 15.8 Å². The molecule has 2 N–H and O–H groups in total. The van der Waals surface area contributed by atoms with Crippen molar-refractivity contribution < 1.29 is 0 Å². The van der Waals surface area contributed by atoms with Crippen LogP contribution in [-0.2, 0) is 0 Å². The molecule has 2 aromatic heterocycles. The number of likely N-dealkylation sites (N-methyl/N-ethyl adjacent to an activating group) is 1. The molecule has 28 heavy (non-hydrogen) atoms. The first-order valence-corrected chi connectivity index (χ1v) is 9.58. The Morgan fingerprint density at radius 3 is 2.54 bits per heavy atom. The molecule has 0 bridgehead atoms. The SMILES string of the molecule is CCN(CCNc1ccc(-c2nc(C)c(C)c(=O)[nH]2)cn1)c1ccccc1C. The molecule has 0 saturated carbocycles. The Hall–Kier alpha value is -3.15. The van der Waals surface area contributed by atoms with Gasteiger partial charge in [-0.25, -0.2) is 9.97 Å². The Morgan fingerprint density at radius 1 is 1.11 bits per heavy atom. The largest absolute Gasteiger partial charge is 0.370 e. The zero-order valence-corrected chi connectivity index (χ0v) is 16.9. The molecule has 3 rings (SSSR count). The predicted molar refractivity (Wildman–Crippen MR) is 115 cm³/mol. The fourth-order valence-corrected chi connectivity index (χ4v) is 3.11. The van der Waals surface area contributed by atoms with Crippen LogP contribution in [0.25, 0.3) is 11.4 Å². The molecule has 0 fully saturated rings. The highest BCUT2D eigenvalue weighted by Crippen LogP contribution is 2.19. The van der Waals surface area contributed by atoms with E-state index in [2.05, 4.69) is 63.3 Å². The van der Waals surface area contributed by atoms with Crippen molar-refractivity contribution in [2.24, 2.45) is 0 Å². The van der Waals surface area contributed by atoms with Crippen molar-refractivity contribution in [3.63, 3.8) is 0 Å². The molecule has 0 aliphatic carbocycles. The third-order valence-electron chi connectivity index (χ3n) is 4.96. The summed E-state index contributed by atoms with van der Waals surface area (Å²) in [7, 11) is 0. The summed E-state index contributed by atoms with van der Waals surface area (Å²) in [5.41, 5.74) is 4.60. The number of rotatable bonds is 7. The van der Waals surface area contributed by atoms with E-state index in [-0.39, 0.29) is 5.56 Å². The van der Waals surface area contributed by atoms with Crippen molar-refractivity contribution >= 4 is 11.5 Å². The maximum Gasteiger partial charge on any atom is 0.254 e. The summed E-state index contributed by atoms with van der Waals surface area (Å²) in [6.07, 6.45) is 1.73. The maximum absolute atomic E-state index is 11.9. The molecule has 0 saturated heterocycles. The monoisotopic (exact) mass is 377 g/mol.